The molecule has 0 radical (unpaired) electrons. The number of hydrogen-bond donors (Lipinski definition) is 0. The van der Waals surface area contributed by atoms with Gasteiger partial charge in [-0.3, -0.25) is 10.1 Å². The number of nitro groups is 1. The van der Waals surface area contributed by atoms with Crippen molar-refractivity contribution < 1.29 is 9.45 Å². The van der Waals surface area contributed by atoms with Crippen molar-refractivity contribution in [3.63, 3.8) is 0 Å². The minimum Gasteiger partial charge on any atom is -0.359 e. The van der Waals surface area contributed by atoms with E-state index in [9.17, 15) is 10.1 Å². The van der Waals surface area contributed by atoms with Crippen molar-refractivity contribution in [1.82, 2.24) is 9.72 Å². The molecule has 2 heterocycles. The Morgan fingerprint density at radius 2 is 2.22 bits per heavy atom. The highest BCUT2D eigenvalue weighted by Crippen LogP contribution is 2.26. The number of nitro benzene ring substituents is 1. The van der Waals surface area contributed by atoms with Crippen molar-refractivity contribution in [3.05, 3.63) is 58.6 Å². The van der Waals surface area contributed by atoms with Crippen molar-refractivity contribution in [2.24, 2.45) is 0 Å². The molecule has 1 aromatic carbocycles. The predicted octanol–water partition coefficient (Wildman–Crippen LogP) is 2.59. The van der Waals surface area contributed by atoms with E-state index in [4.69, 9.17) is 4.52 Å². The molecule has 0 amide bonds. The lowest BCUT2D eigenvalue weighted by molar-refractivity contribution is -0.383. The van der Waals surface area contributed by atoms with Crippen LogP contribution in [0.2, 0.25) is 0 Å². The Hall–Kier alpha value is -2.63. The van der Waals surface area contributed by atoms with Crippen LogP contribution in [0.5, 0.6) is 0 Å². The Morgan fingerprint density at radius 1 is 1.33 bits per heavy atom. The molecule has 6 nitrogen and oxygen atoms in total. The van der Waals surface area contributed by atoms with Crippen LogP contribution in [-0.2, 0) is 6.54 Å². The minimum atomic E-state index is -0.376. The third-order valence-corrected chi connectivity index (χ3v) is 2.78. The number of non-ortho nitro benzene ring substituents is 1. The van der Waals surface area contributed by atoms with Gasteiger partial charge >= 0.3 is 0 Å². The normalized spacial score (nSPS) is 10.9. The topological polar surface area (TPSA) is 74.1 Å². The van der Waals surface area contributed by atoms with Gasteiger partial charge in [-0.25, -0.2) is 0 Å². The van der Waals surface area contributed by atoms with Crippen molar-refractivity contribution in [1.29, 1.82) is 0 Å². The van der Waals surface area contributed by atoms with E-state index in [1.165, 1.54) is 6.07 Å². The third-order valence-electron chi connectivity index (χ3n) is 2.78. The van der Waals surface area contributed by atoms with Crippen LogP contribution in [-0.4, -0.2) is 14.6 Å². The highest BCUT2D eigenvalue weighted by Gasteiger charge is 2.15. The van der Waals surface area contributed by atoms with Crippen LogP contribution in [0.25, 0.3) is 10.9 Å². The number of para-hydroxylation sites is 1. The molecule has 0 fully saturated rings. The summed E-state index contributed by atoms with van der Waals surface area (Å²) < 4.78 is 6.80. The monoisotopic (exact) mass is 243 g/mol. The number of fused-ring (bicyclic) bond motifs is 1. The summed E-state index contributed by atoms with van der Waals surface area (Å²) >= 11 is 0. The standard InChI is InChI=1S/C12H9N3O3/c16-15(17)11-3-1-2-9-5-7-14(12(9)11)8-10-4-6-13-18-10/h1-7H,8H2. The first-order chi connectivity index (χ1) is 8.75. The highest BCUT2D eigenvalue weighted by atomic mass is 16.6. The first-order valence-electron chi connectivity index (χ1n) is 5.37. The van der Waals surface area contributed by atoms with E-state index >= 15 is 0 Å². The fraction of sp³-hybridized carbons (Fsp3) is 0.0833. The number of hydrogen-bond acceptors (Lipinski definition) is 4. The van der Waals surface area contributed by atoms with Crippen LogP contribution in [0.1, 0.15) is 5.76 Å². The summed E-state index contributed by atoms with van der Waals surface area (Å²) in [5.41, 5.74) is 0.691. The van der Waals surface area contributed by atoms with Gasteiger partial charge in [0, 0.05) is 23.7 Å². The van der Waals surface area contributed by atoms with E-state index in [1.54, 1.807) is 29.1 Å². The predicted molar refractivity (Wildman–Crippen MR) is 64.2 cm³/mol. The Morgan fingerprint density at radius 3 is 2.94 bits per heavy atom. The van der Waals surface area contributed by atoms with E-state index in [2.05, 4.69) is 5.16 Å². The zero-order chi connectivity index (χ0) is 12.5. The molecule has 0 bridgehead atoms. The largest absolute Gasteiger partial charge is 0.359 e. The summed E-state index contributed by atoms with van der Waals surface area (Å²) in [6.07, 6.45) is 3.36. The Bertz CT molecular complexity index is 701. The van der Waals surface area contributed by atoms with Gasteiger partial charge in [0.15, 0.2) is 5.76 Å². The molecule has 0 saturated carbocycles. The maximum absolute atomic E-state index is 11.0. The molecule has 0 aliphatic rings. The van der Waals surface area contributed by atoms with E-state index in [0.717, 1.165) is 5.39 Å². The lowest BCUT2D eigenvalue weighted by Crippen LogP contribution is -1.99. The summed E-state index contributed by atoms with van der Waals surface area (Å²) in [7, 11) is 0. The van der Waals surface area contributed by atoms with Crippen LogP contribution in [0, 0.1) is 10.1 Å². The summed E-state index contributed by atoms with van der Waals surface area (Å²) in [6.45, 7) is 0.425. The second kappa shape index (κ2) is 3.99. The van der Waals surface area contributed by atoms with Gasteiger partial charge in [0.1, 0.15) is 5.52 Å². The van der Waals surface area contributed by atoms with Crippen molar-refractivity contribution >= 4 is 16.6 Å². The molecule has 3 rings (SSSR count). The molecule has 0 atom stereocenters. The van der Waals surface area contributed by atoms with Crippen LogP contribution in [0.15, 0.2) is 47.2 Å². The second-order valence-corrected chi connectivity index (χ2v) is 3.89. The zero-order valence-electron chi connectivity index (χ0n) is 9.31. The molecule has 6 heteroatoms. The number of benzene rings is 1. The third kappa shape index (κ3) is 1.64. The van der Waals surface area contributed by atoms with Crippen molar-refractivity contribution in [2.45, 2.75) is 6.54 Å². The van der Waals surface area contributed by atoms with E-state index in [1.807, 2.05) is 12.1 Å². The van der Waals surface area contributed by atoms with Gasteiger partial charge in [0.25, 0.3) is 5.69 Å². The van der Waals surface area contributed by atoms with Gasteiger partial charge in [-0.2, -0.15) is 0 Å². The molecule has 0 aliphatic heterocycles. The minimum absolute atomic E-state index is 0.0945. The van der Waals surface area contributed by atoms with Crippen LogP contribution in [0.4, 0.5) is 5.69 Å². The average Bonchev–Trinajstić information content (AvgIpc) is 2.99. The Kier molecular flexibility index (Phi) is 2.33. The van der Waals surface area contributed by atoms with Gasteiger partial charge in [-0.05, 0) is 6.07 Å². The maximum atomic E-state index is 11.0. The van der Waals surface area contributed by atoms with Crippen LogP contribution in [0.3, 0.4) is 0 Å². The summed E-state index contributed by atoms with van der Waals surface area (Å²) in [5.74, 6) is 0.658. The fourth-order valence-corrected chi connectivity index (χ4v) is 2.01. The fourth-order valence-electron chi connectivity index (χ4n) is 2.01. The van der Waals surface area contributed by atoms with E-state index < -0.39 is 0 Å². The quantitative estimate of drug-likeness (QED) is 0.523. The number of rotatable bonds is 3. The lowest BCUT2D eigenvalue weighted by atomic mass is 10.2. The highest BCUT2D eigenvalue weighted by molar-refractivity contribution is 5.88. The van der Waals surface area contributed by atoms with Gasteiger partial charge in [-0.15, -0.1) is 0 Å². The Labute approximate surface area is 102 Å². The molecule has 90 valence electrons. The molecule has 0 spiro atoms. The first kappa shape index (κ1) is 10.5. The first-order valence-corrected chi connectivity index (χ1v) is 5.37. The zero-order valence-corrected chi connectivity index (χ0v) is 9.31. The molecular weight excluding hydrogens is 234 g/mol. The SMILES string of the molecule is O=[N+]([O-])c1cccc2ccn(Cc3ccno3)c12. The molecule has 0 saturated heterocycles. The molecule has 0 N–H and O–H groups in total. The summed E-state index contributed by atoms with van der Waals surface area (Å²) in [5, 5.41) is 15.5. The molecule has 0 unspecified atom stereocenters. The second-order valence-electron chi connectivity index (χ2n) is 3.89. The smallest absolute Gasteiger partial charge is 0.293 e. The van der Waals surface area contributed by atoms with Crippen LogP contribution < -0.4 is 0 Å². The average molecular weight is 243 g/mol. The molecular formula is C12H9N3O3. The van der Waals surface area contributed by atoms with Gasteiger partial charge < -0.3 is 9.09 Å². The van der Waals surface area contributed by atoms with Crippen molar-refractivity contribution in [2.75, 3.05) is 0 Å². The van der Waals surface area contributed by atoms with Gasteiger partial charge in [-0.1, -0.05) is 17.3 Å². The van der Waals surface area contributed by atoms with E-state index in [0.29, 0.717) is 17.8 Å². The summed E-state index contributed by atoms with van der Waals surface area (Å²) in [4.78, 5) is 10.6. The Balaban J connectivity index is 2.15. The van der Waals surface area contributed by atoms with Gasteiger partial charge in [0.2, 0.25) is 0 Å². The summed E-state index contributed by atoms with van der Waals surface area (Å²) in [6, 6.07) is 8.61. The van der Waals surface area contributed by atoms with Crippen LogP contribution >= 0.6 is 0 Å². The molecule has 0 aliphatic carbocycles. The molecule has 3 aromatic rings. The lowest BCUT2D eigenvalue weighted by Gasteiger charge is -2.02. The van der Waals surface area contributed by atoms with Gasteiger partial charge in [0.05, 0.1) is 17.7 Å². The van der Waals surface area contributed by atoms with Crippen molar-refractivity contribution in [3.8, 4) is 0 Å². The molecule has 18 heavy (non-hydrogen) atoms. The number of aromatic nitrogens is 2. The maximum Gasteiger partial charge on any atom is 0.293 e. The van der Waals surface area contributed by atoms with E-state index in [-0.39, 0.29) is 10.6 Å². The molecule has 2 aromatic heterocycles. The number of nitrogens with zero attached hydrogens (tertiary/aromatic N) is 3.